The van der Waals surface area contributed by atoms with Gasteiger partial charge in [-0.3, -0.25) is 0 Å². The monoisotopic (exact) mass is 197 g/mol. The van der Waals surface area contributed by atoms with Crippen molar-refractivity contribution in [3.05, 3.63) is 18.3 Å². The number of ether oxygens (including phenoxy) is 1. The van der Waals surface area contributed by atoms with Crippen LogP contribution >= 0.6 is 0 Å². The Hall–Kier alpha value is -1.23. The van der Waals surface area contributed by atoms with Crippen LogP contribution in [0.5, 0.6) is 0 Å². The first-order valence-corrected chi connectivity index (χ1v) is 4.66. The Bertz CT molecular complexity index is 302. The molecule has 0 bridgehead atoms. The molecule has 1 N–H and O–H groups in total. The topological polar surface area (TPSA) is 47.0 Å². The van der Waals surface area contributed by atoms with E-state index < -0.39 is 5.82 Å². The van der Waals surface area contributed by atoms with E-state index >= 15 is 0 Å². The molecule has 0 aliphatic carbocycles. The van der Waals surface area contributed by atoms with E-state index in [2.05, 4.69) is 15.3 Å². The number of anilines is 1. The minimum absolute atomic E-state index is 0.258. The summed E-state index contributed by atoms with van der Waals surface area (Å²) in [4.78, 5) is 7.42. The minimum atomic E-state index is -0.404. The first kappa shape index (κ1) is 9.33. The zero-order valence-corrected chi connectivity index (χ0v) is 7.74. The second kappa shape index (κ2) is 4.32. The van der Waals surface area contributed by atoms with Crippen LogP contribution in [0.3, 0.4) is 0 Å². The van der Waals surface area contributed by atoms with Crippen LogP contribution in [0.4, 0.5) is 10.2 Å². The van der Waals surface area contributed by atoms with Gasteiger partial charge in [-0.1, -0.05) is 0 Å². The lowest BCUT2D eigenvalue weighted by Crippen LogP contribution is -2.28. The van der Waals surface area contributed by atoms with Gasteiger partial charge >= 0.3 is 0 Å². The largest absolute Gasteiger partial charge is 0.381 e. The van der Waals surface area contributed by atoms with Crippen LogP contribution in [0.15, 0.2) is 12.5 Å². The summed E-state index contributed by atoms with van der Waals surface area (Å²) in [6, 6.07) is 0.258. The lowest BCUT2D eigenvalue weighted by atomic mass is 10.1. The number of rotatable bonds is 2. The lowest BCUT2D eigenvalue weighted by molar-refractivity contribution is 0.0903. The molecule has 2 rings (SSSR count). The molecule has 0 saturated carbocycles. The summed E-state index contributed by atoms with van der Waals surface area (Å²) in [5.41, 5.74) is 0. The summed E-state index contributed by atoms with van der Waals surface area (Å²) in [5, 5.41) is 3.04. The van der Waals surface area contributed by atoms with Gasteiger partial charge in [-0.15, -0.1) is 0 Å². The van der Waals surface area contributed by atoms with Crippen LogP contribution in [0, 0.1) is 5.82 Å². The zero-order valence-electron chi connectivity index (χ0n) is 7.74. The van der Waals surface area contributed by atoms with Gasteiger partial charge in [0, 0.05) is 19.3 Å². The lowest BCUT2D eigenvalue weighted by Gasteiger charge is -2.23. The van der Waals surface area contributed by atoms with Crippen molar-refractivity contribution < 1.29 is 9.13 Å². The number of aromatic nitrogens is 2. The number of hydrogen-bond acceptors (Lipinski definition) is 4. The normalized spacial score (nSPS) is 18.1. The van der Waals surface area contributed by atoms with Crippen LogP contribution < -0.4 is 5.32 Å². The van der Waals surface area contributed by atoms with Gasteiger partial charge in [0.2, 0.25) is 0 Å². The van der Waals surface area contributed by atoms with Crippen molar-refractivity contribution in [1.29, 1.82) is 0 Å². The molecule has 0 unspecified atom stereocenters. The van der Waals surface area contributed by atoms with Crippen LogP contribution in [-0.2, 0) is 4.74 Å². The molecule has 5 heteroatoms. The van der Waals surface area contributed by atoms with Crippen LogP contribution in [0.1, 0.15) is 12.8 Å². The number of halogens is 1. The molecular formula is C9H12FN3O. The van der Waals surface area contributed by atoms with Gasteiger partial charge < -0.3 is 10.1 Å². The first-order valence-electron chi connectivity index (χ1n) is 4.66. The third kappa shape index (κ3) is 2.17. The molecule has 4 nitrogen and oxygen atoms in total. The van der Waals surface area contributed by atoms with E-state index in [4.69, 9.17) is 4.74 Å². The second-order valence-corrected chi connectivity index (χ2v) is 3.25. The van der Waals surface area contributed by atoms with Crippen molar-refractivity contribution in [2.24, 2.45) is 0 Å². The molecular weight excluding hydrogens is 185 g/mol. The molecule has 14 heavy (non-hydrogen) atoms. The highest BCUT2D eigenvalue weighted by Crippen LogP contribution is 2.14. The molecule has 0 radical (unpaired) electrons. The highest BCUT2D eigenvalue weighted by Gasteiger charge is 2.15. The van der Waals surface area contributed by atoms with Crippen molar-refractivity contribution in [2.45, 2.75) is 18.9 Å². The van der Waals surface area contributed by atoms with E-state index in [0.29, 0.717) is 0 Å². The summed E-state index contributed by atoms with van der Waals surface area (Å²) in [7, 11) is 0. The van der Waals surface area contributed by atoms with Crippen molar-refractivity contribution in [3.63, 3.8) is 0 Å². The Morgan fingerprint density at radius 2 is 2.21 bits per heavy atom. The zero-order chi connectivity index (χ0) is 9.80. The second-order valence-electron chi connectivity index (χ2n) is 3.25. The Balaban J connectivity index is 1.99. The molecule has 0 aromatic carbocycles. The van der Waals surface area contributed by atoms with Gasteiger partial charge in [-0.2, -0.15) is 0 Å². The maximum absolute atomic E-state index is 13.1. The molecule has 1 fully saturated rings. The summed E-state index contributed by atoms with van der Waals surface area (Å²) < 4.78 is 18.3. The Labute approximate surface area is 81.5 Å². The van der Waals surface area contributed by atoms with Crippen LogP contribution in [0.2, 0.25) is 0 Å². The first-order chi connectivity index (χ1) is 6.86. The third-order valence-corrected chi connectivity index (χ3v) is 2.23. The predicted octanol–water partition coefficient (Wildman–Crippen LogP) is 1.21. The maximum Gasteiger partial charge on any atom is 0.183 e. The van der Waals surface area contributed by atoms with Crippen molar-refractivity contribution >= 4 is 5.82 Å². The quantitative estimate of drug-likeness (QED) is 0.774. The molecule has 1 aliphatic rings. The minimum Gasteiger partial charge on any atom is -0.381 e. The molecule has 76 valence electrons. The number of nitrogens with one attached hydrogen (secondary N) is 1. The van der Waals surface area contributed by atoms with Crippen LogP contribution in [0.25, 0.3) is 0 Å². The molecule has 0 amide bonds. The number of nitrogens with zero attached hydrogens (tertiary/aromatic N) is 2. The fraction of sp³-hybridized carbons (Fsp3) is 0.556. The van der Waals surface area contributed by atoms with Crippen LogP contribution in [-0.4, -0.2) is 29.2 Å². The van der Waals surface area contributed by atoms with Crippen molar-refractivity contribution in [3.8, 4) is 0 Å². The standard InChI is InChI=1S/C9H12FN3O/c10-8-5-11-6-12-9(8)13-7-1-3-14-4-2-7/h5-7H,1-4H2,(H,11,12,13). The molecule has 2 heterocycles. The van der Waals surface area contributed by atoms with E-state index in [1.54, 1.807) is 0 Å². The summed E-state index contributed by atoms with van der Waals surface area (Å²) >= 11 is 0. The predicted molar refractivity (Wildman–Crippen MR) is 49.5 cm³/mol. The Morgan fingerprint density at radius 1 is 1.43 bits per heavy atom. The molecule has 1 aromatic rings. The number of hydrogen-bond donors (Lipinski definition) is 1. The van der Waals surface area contributed by atoms with E-state index in [0.717, 1.165) is 32.3 Å². The highest BCUT2D eigenvalue weighted by atomic mass is 19.1. The van der Waals surface area contributed by atoms with Crippen molar-refractivity contribution in [2.75, 3.05) is 18.5 Å². The Kier molecular flexibility index (Phi) is 2.88. The Morgan fingerprint density at radius 3 is 2.93 bits per heavy atom. The maximum atomic E-state index is 13.1. The molecule has 1 saturated heterocycles. The van der Waals surface area contributed by atoms with Gasteiger partial charge in [0.05, 0.1) is 6.20 Å². The molecule has 1 aromatic heterocycles. The average molecular weight is 197 g/mol. The molecule has 0 atom stereocenters. The van der Waals surface area contributed by atoms with Gasteiger partial charge in [-0.25, -0.2) is 14.4 Å². The van der Waals surface area contributed by atoms with E-state index in [-0.39, 0.29) is 11.9 Å². The molecule has 0 spiro atoms. The summed E-state index contributed by atoms with van der Waals surface area (Å²) in [6.45, 7) is 1.45. The average Bonchev–Trinajstić information content (AvgIpc) is 2.23. The SMILES string of the molecule is Fc1cncnc1NC1CCOCC1. The van der Waals surface area contributed by atoms with E-state index in [1.807, 2.05) is 0 Å². The van der Waals surface area contributed by atoms with E-state index in [9.17, 15) is 4.39 Å². The fourth-order valence-electron chi connectivity index (χ4n) is 1.45. The summed E-state index contributed by atoms with van der Waals surface area (Å²) in [5.74, 6) is -0.120. The van der Waals surface area contributed by atoms with Gasteiger partial charge in [0.1, 0.15) is 6.33 Å². The fourth-order valence-corrected chi connectivity index (χ4v) is 1.45. The van der Waals surface area contributed by atoms with E-state index in [1.165, 1.54) is 6.33 Å². The highest BCUT2D eigenvalue weighted by molar-refractivity contribution is 5.35. The molecule has 1 aliphatic heterocycles. The van der Waals surface area contributed by atoms with Gasteiger partial charge in [0.25, 0.3) is 0 Å². The van der Waals surface area contributed by atoms with Crippen molar-refractivity contribution in [1.82, 2.24) is 9.97 Å². The smallest absolute Gasteiger partial charge is 0.183 e. The van der Waals surface area contributed by atoms with Gasteiger partial charge in [-0.05, 0) is 12.8 Å². The third-order valence-electron chi connectivity index (χ3n) is 2.23. The summed E-state index contributed by atoms with van der Waals surface area (Å²) in [6.07, 6.45) is 4.28. The van der Waals surface area contributed by atoms with Gasteiger partial charge in [0.15, 0.2) is 11.6 Å².